The van der Waals surface area contributed by atoms with Gasteiger partial charge in [0.05, 0.1) is 13.7 Å². The van der Waals surface area contributed by atoms with Gasteiger partial charge in [0.15, 0.2) is 0 Å². The summed E-state index contributed by atoms with van der Waals surface area (Å²) < 4.78 is 10.2. The molecule has 1 rings (SSSR count). The van der Waals surface area contributed by atoms with Crippen molar-refractivity contribution in [3.05, 3.63) is 17.6 Å². The lowest BCUT2D eigenvalue weighted by atomic mass is 9.93. The molecule has 0 fully saturated rings. The Labute approximate surface area is 108 Å². The second kappa shape index (κ2) is 5.80. The van der Waals surface area contributed by atoms with Crippen LogP contribution in [0.25, 0.3) is 0 Å². The largest absolute Gasteiger partial charge is 0.477 e. The van der Waals surface area contributed by atoms with Gasteiger partial charge in [-0.05, 0) is 18.8 Å². The van der Waals surface area contributed by atoms with E-state index in [4.69, 9.17) is 4.74 Å². The Kier molecular flexibility index (Phi) is 4.64. The summed E-state index contributed by atoms with van der Waals surface area (Å²) in [6, 6.07) is 0. The highest BCUT2D eigenvalue weighted by atomic mass is 16.5. The van der Waals surface area contributed by atoms with Gasteiger partial charge in [-0.25, -0.2) is 9.78 Å². The van der Waals surface area contributed by atoms with Gasteiger partial charge in [-0.2, -0.15) is 4.98 Å². The highest BCUT2D eigenvalue weighted by molar-refractivity contribution is 5.91. The zero-order chi connectivity index (χ0) is 13.8. The van der Waals surface area contributed by atoms with Gasteiger partial charge in [-0.3, -0.25) is 0 Å². The van der Waals surface area contributed by atoms with Crippen molar-refractivity contribution in [2.45, 2.75) is 34.1 Å². The van der Waals surface area contributed by atoms with Crippen molar-refractivity contribution in [2.75, 3.05) is 13.7 Å². The van der Waals surface area contributed by atoms with Gasteiger partial charge in [0.2, 0.25) is 5.88 Å². The molecule has 5 heteroatoms. The number of nitrogens with zero attached hydrogens (tertiary/aromatic N) is 2. The summed E-state index contributed by atoms with van der Waals surface area (Å²) in [6.07, 6.45) is 2.30. The SMILES string of the molecule is COC(=O)c1cnc(C)nc1OCCC(C)(C)C. The van der Waals surface area contributed by atoms with E-state index in [1.54, 1.807) is 6.92 Å². The molecule has 0 saturated heterocycles. The molecule has 1 aromatic heterocycles. The van der Waals surface area contributed by atoms with E-state index in [0.29, 0.717) is 18.3 Å². The predicted octanol–water partition coefficient (Wildman–Crippen LogP) is 2.39. The third kappa shape index (κ3) is 4.31. The first-order valence-electron chi connectivity index (χ1n) is 5.88. The number of rotatable bonds is 4. The van der Waals surface area contributed by atoms with E-state index in [1.165, 1.54) is 13.3 Å². The normalized spacial score (nSPS) is 11.2. The third-order valence-electron chi connectivity index (χ3n) is 2.37. The van der Waals surface area contributed by atoms with E-state index < -0.39 is 5.97 Å². The summed E-state index contributed by atoms with van der Waals surface area (Å²) >= 11 is 0. The topological polar surface area (TPSA) is 61.3 Å². The molecule has 5 nitrogen and oxygen atoms in total. The Bertz CT molecular complexity index is 425. The summed E-state index contributed by atoms with van der Waals surface area (Å²) in [5, 5.41) is 0. The number of methoxy groups -OCH3 is 1. The third-order valence-corrected chi connectivity index (χ3v) is 2.37. The van der Waals surface area contributed by atoms with Gasteiger partial charge >= 0.3 is 5.97 Å². The zero-order valence-corrected chi connectivity index (χ0v) is 11.6. The molecule has 0 aliphatic rings. The number of aryl methyl sites for hydroxylation is 1. The lowest BCUT2D eigenvalue weighted by Crippen LogP contribution is -2.14. The second-order valence-corrected chi connectivity index (χ2v) is 5.29. The van der Waals surface area contributed by atoms with Crippen LogP contribution in [0.4, 0.5) is 0 Å². The van der Waals surface area contributed by atoms with Gasteiger partial charge in [-0.15, -0.1) is 0 Å². The molecule has 18 heavy (non-hydrogen) atoms. The monoisotopic (exact) mass is 252 g/mol. The molecule has 0 saturated carbocycles. The molecule has 0 spiro atoms. The maximum Gasteiger partial charge on any atom is 0.344 e. The number of aromatic nitrogens is 2. The highest BCUT2D eigenvalue weighted by Crippen LogP contribution is 2.20. The number of carbonyl (C=O) groups is 1. The molecule has 0 amide bonds. The van der Waals surface area contributed by atoms with Gasteiger partial charge in [0, 0.05) is 6.20 Å². The molecule has 0 N–H and O–H groups in total. The van der Waals surface area contributed by atoms with Crippen LogP contribution in [0.2, 0.25) is 0 Å². The predicted molar refractivity (Wildman–Crippen MR) is 67.7 cm³/mol. The van der Waals surface area contributed by atoms with E-state index in [0.717, 1.165) is 6.42 Å². The smallest absolute Gasteiger partial charge is 0.344 e. The van der Waals surface area contributed by atoms with Crippen molar-refractivity contribution >= 4 is 5.97 Å². The second-order valence-electron chi connectivity index (χ2n) is 5.29. The molecule has 0 aliphatic carbocycles. The van der Waals surface area contributed by atoms with E-state index in [9.17, 15) is 4.79 Å². The average molecular weight is 252 g/mol. The molecule has 0 unspecified atom stereocenters. The molecule has 0 aliphatic heterocycles. The number of hydrogen-bond acceptors (Lipinski definition) is 5. The van der Waals surface area contributed by atoms with E-state index in [1.807, 2.05) is 0 Å². The van der Waals surface area contributed by atoms with Crippen LogP contribution in [0.15, 0.2) is 6.20 Å². The van der Waals surface area contributed by atoms with Crippen LogP contribution in [0.1, 0.15) is 43.4 Å². The molecule has 0 atom stereocenters. The number of esters is 1. The van der Waals surface area contributed by atoms with Crippen LogP contribution < -0.4 is 4.74 Å². The van der Waals surface area contributed by atoms with Crippen molar-refractivity contribution < 1.29 is 14.3 Å². The lowest BCUT2D eigenvalue weighted by Gasteiger charge is -2.18. The van der Waals surface area contributed by atoms with E-state index in [-0.39, 0.29) is 11.0 Å². The maximum atomic E-state index is 11.5. The summed E-state index contributed by atoms with van der Waals surface area (Å²) in [4.78, 5) is 19.6. The Morgan fingerprint density at radius 1 is 1.39 bits per heavy atom. The molecule has 1 heterocycles. The van der Waals surface area contributed by atoms with Gasteiger partial charge in [-0.1, -0.05) is 20.8 Å². The molecule has 0 radical (unpaired) electrons. The van der Waals surface area contributed by atoms with Crippen LogP contribution in [-0.2, 0) is 4.74 Å². The van der Waals surface area contributed by atoms with Crippen LogP contribution in [0, 0.1) is 12.3 Å². The first-order chi connectivity index (χ1) is 8.33. The minimum atomic E-state index is -0.485. The minimum Gasteiger partial charge on any atom is -0.477 e. The zero-order valence-electron chi connectivity index (χ0n) is 11.6. The fraction of sp³-hybridized carbons (Fsp3) is 0.615. The Morgan fingerprint density at radius 3 is 2.61 bits per heavy atom. The van der Waals surface area contributed by atoms with E-state index in [2.05, 4.69) is 35.5 Å². The summed E-state index contributed by atoms with van der Waals surface area (Å²) in [5.74, 6) is 0.368. The summed E-state index contributed by atoms with van der Waals surface area (Å²) in [6.45, 7) is 8.63. The number of hydrogen-bond donors (Lipinski definition) is 0. The number of ether oxygens (including phenoxy) is 2. The van der Waals surface area contributed by atoms with Crippen LogP contribution >= 0.6 is 0 Å². The quantitative estimate of drug-likeness (QED) is 0.770. The van der Waals surface area contributed by atoms with Gasteiger partial charge in [0.1, 0.15) is 11.4 Å². The maximum absolute atomic E-state index is 11.5. The minimum absolute atomic E-state index is 0.174. The average Bonchev–Trinajstić information content (AvgIpc) is 2.26. The molecule has 100 valence electrons. The van der Waals surface area contributed by atoms with Crippen molar-refractivity contribution in [1.82, 2.24) is 9.97 Å². The molecular weight excluding hydrogens is 232 g/mol. The van der Waals surface area contributed by atoms with Crippen molar-refractivity contribution in [1.29, 1.82) is 0 Å². The molecular formula is C13H20N2O3. The van der Waals surface area contributed by atoms with Crippen molar-refractivity contribution in [3.63, 3.8) is 0 Å². The van der Waals surface area contributed by atoms with Gasteiger partial charge < -0.3 is 9.47 Å². The van der Waals surface area contributed by atoms with Crippen LogP contribution in [-0.4, -0.2) is 29.7 Å². The number of carbonyl (C=O) groups excluding carboxylic acids is 1. The van der Waals surface area contributed by atoms with Crippen LogP contribution in [0.3, 0.4) is 0 Å². The first-order valence-corrected chi connectivity index (χ1v) is 5.88. The fourth-order valence-corrected chi connectivity index (χ4v) is 1.26. The summed E-state index contributed by atoms with van der Waals surface area (Å²) in [5.41, 5.74) is 0.435. The Balaban J connectivity index is 2.80. The lowest BCUT2D eigenvalue weighted by molar-refractivity contribution is 0.0593. The Morgan fingerprint density at radius 2 is 2.06 bits per heavy atom. The fourth-order valence-electron chi connectivity index (χ4n) is 1.26. The van der Waals surface area contributed by atoms with Crippen molar-refractivity contribution in [3.8, 4) is 5.88 Å². The standard InChI is InChI=1S/C13H20N2O3/c1-9-14-8-10(12(16)17-5)11(15-9)18-7-6-13(2,3)4/h8H,6-7H2,1-5H3. The highest BCUT2D eigenvalue weighted by Gasteiger charge is 2.17. The van der Waals surface area contributed by atoms with Gasteiger partial charge in [0.25, 0.3) is 0 Å². The molecule has 1 aromatic rings. The molecule has 0 bridgehead atoms. The first kappa shape index (κ1) is 14.4. The van der Waals surface area contributed by atoms with Crippen molar-refractivity contribution in [2.24, 2.45) is 5.41 Å². The summed E-state index contributed by atoms with van der Waals surface area (Å²) in [7, 11) is 1.32. The molecule has 0 aromatic carbocycles. The van der Waals surface area contributed by atoms with Crippen LogP contribution in [0.5, 0.6) is 5.88 Å². The Hall–Kier alpha value is -1.65. The van der Waals surface area contributed by atoms with E-state index >= 15 is 0 Å².